The topological polar surface area (TPSA) is 143 Å². The Morgan fingerprint density at radius 2 is 0.400 bits per heavy atom. The molecule has 9 heteroatoms. The van der Waals surface area contributed by atoms with E-state index >= 15 is 0 Å². The second-order valence-corrected chi connectivity index (χ2v) is 0. The molecule has 0 atom stereocenters. The molecule has 0 aromatic heterocycles. The van der Waals surface area contributed by atoms with E-state index in [1.165, 1.54) is 0 Å². The molecule has 0 spiro atoms. The van der Waals surface area contributed by atoms with E-state index in [1.807, 2.05) is 0 Å². The monoisotopic (exact) mass is 263 g/mol. The number of nitrogens with zero attached hydrogens (tertiary/aromatic N) is 6. The van der Waals surface area contributed by atoms with Crippen molar-refractivity contribution in [2.24, 2.45) is 0 Å². The molecule has 1 radical (unpaired) electrons. The first kappa shape index (κ1) is 88.1. The van der Waals surface area contributed by atoms with E-state index in [0.717, 1.165) is 0 Å². The van der Waals surface area contributed by atoms with Crippen molar-refractivity contribution in [3.8, 4) is 0 Å². The van der Waals surface area contributed by atoms with Crippen LogP contribution >= 0.6 is 0 Å². The van der Waals surface area contributed by atoms with E-state index in [0.29, 0.717) is 0 Å². The van der Waals surface area contributed by atoms with Crippen LogP contribution in [0.2, 0.25) is 0 Å². The molecule has 0 saturated carbocycles. The molecule has 0 bridgehead atoms. The Hall–Kier alpha value is -0.554. The van der Waals surface area contributed by atoms with Crippen molar-refractivity contribution in [1.82, 2.24) is 0 Å². The van der Waals surface area contributed by atoms with Crippen LogP contribution in [0, 0.1) is 71.0 Å². The van der Waals surface area contributed by atoms with Crippen molar-refractivity contribution in [2.45, 2.75) is 0 Å². The smallest absolute Gasteiger partial charge is 1.00 e. The van der Waals surface area contributed by atoms with Crippen LogP contribution in [0.4, 0.5) is 0 Å². The van der Waals surface area contributed by atoms with Gasteiger partial charge in [-0.3, -0.25) is 0 Å². The molecule has 0 unspecified atom stereocenters. The van der Waals surface area contributed by atoms with Gasteiger partial charge in [0.25, 0.3) is 0 Å². The molecule has 0 aliphatic carbocycles. The number of hydrogen-bond donors (Lipinski definition) is 0. The minimum Gasteiger partial charge on any atom is -1.00 e. The molecule has 0 aromatic carbocycles. The molecule has 15 heavy (non-hydrogen) atoms. The molecule has 0 aliphatic rings. The molecular weight excluding hydrogens is 261 g/mol. The second kappa shape index (κ2) is 6800. The zero-order valence-corrected chi connectivity index (χ0v) is 13.1. The zero-order chi connectivity index (χ0) is 12.0. The van der Waals surface area contributed by atoms with Gasteiger partial charge < -0.3 is 73.9 Å². The van der Waals surface area contributed by atoms with Gasteiger partial charge in [0, 0.05) is 16.8 Å². The molecule has 73 valence electrons. The third kappa shape index (κ3) is 5750. The molecule has 6 nitrogen and oxygen atoms in total. The Labute approximate surface area is 148 Å². The second-order valence-electron chi connectivity index (χ2n) is 0. The largest absolute Gasteiger partial charge is 1.00 e. The third-order valence-electron chi connectivity index (χ3n) is 0. The van der Waals surface area contributed by atoms with Crippen LogP contribution in [-0.4, -0.2) is 0 Å². The summed E-state index contributed by atoms with van der Waals surface area (Å²) in [6.07, 6.45) is 0. The van der Waals surface area contributed by atoms with Crippen molar-refractivity contribution in [3.63, 3.8) is 0 Å². The maximum absolute atomic E-state index is 6.25. The van der Waals surface area contributed by atoms with Gasteiger partial charge in [-0.25, -0.2) is 0 Å². The standard InChI is InChI=1S/6CN.Co.2Na.2H/c6*1-2;;;;;/q6*-1;;2*+1;2*-1. The molecule has 0 aromatic rings. The number of rotatable bonds is 0. The van der Waals surface area contributed by atoms with Crippen molar-refractivity contribution in [3.05, 3.63) is 39.4 Å². The van der Waals surface area contributed by atoms with Crippen molar-refractivity contribution >= 4 is 0 Å². The van der Waals surface area contributed by atoms with E-state index in [2.05, 4.69) is 0 Å². The van der Waals surface area contributed by atoms with Crippen LogP contribution in [0.5, 0.6) is 0 Å². The van der Waals surface area contributed by atoms with E-state index < -0.39 is 0 Å². The van der Waals surface area contributed by atoms with Crippen LogP contribution in [0.25, 0.3) is 0 Å². The van der Waals surface area contributed by atoms with Crippen molar-refractivity contribution < 1.29 is 78.7 Å². The van der Waals surface area contributed by atoms with Gasteiger partial charge in [-0.05, 0) is 0 Å². The molecule has 0 rings (SSSR count). The summed E-state index contributed by atoms with van der Waals surface area (Å²) in [4.78, 5) is 0. The predicted molar refractivity (Wildman–Crippen MR) is 32.0 cm³/mol. The quantitative estimate of drug-likeness (QED) is 0.315. The maximum Gasteiger partial charge on any atom is 1.00 e. The van der Waals surface area contributed by atoms with Gasteiger partial charge >= 0.3 is 59.1 Å². The van der Waals surface area contributed by atoms with Crippen molar-refractivity contribution in [1.29, 1.82) is 31.6 Å². The summed E-state index contributed by atoms with van der Waals surface area (Å²) in [7, 11) is 0. The minimum atomic E-state index is 0. The summed E-state index contributed by atoms with van der Waals surface area (Å²) in [5, 5.41) is 37.5. The molecule has 0 N–H and O–H groups in total. The molecular formula is C6H2CoN6Na2-6. The summed E-state index contributed by atoms with van der Waals surface area (Å²) in [5.74, 6) is 0. The average molecular weight is 263 g/mol. The van der Waals surface area contributed by atoms with E-state index in [4.69, 9.17) is 71.0 Å². The van der Waals surface area contributed by atoms with Gasteiger partial charge in [0.15, 0.2) is 0 Å². The molecule has 0 aliphatic heterocycles. The van der Waals surface area contributed by atoms with Gasteiger partial charge in [0.05, 0.1) is 0 Å². The Balaban J connectivity index is -0.00000000267. The molecule has 0 amide bonds. The maximum atomic E-state index is 6.25. The fraction of sp³-hybridized carbons (Fsp3) is 0. The zero-order valence-electron chi connectivity index (χ0n) is 10.0. The Morgan fingerprint density at radius 1 is 0.400 bits per heavy atom. The van der Waals surface area contributed by atoms with E-state index in [1.54, 1.807) is 0 Å². The van der Waals surface area contributed by atoms with E-state index in [-0.39, 0.29) is 78.7 Å². The summed E-state index contributed by atoms with van der Waals surface area (Å²) >= 11 is 0. The summed E-state index contributed by atoms with van der Waals surface area (Å²) < 4.78 is 0. The van der Waals surface area contributed by atoms with Gasteiger partial charge in [0.2, 0.25) is 0 Å². The molecule has 0 saturated heterocycles. The minimum absolute atomic E-state index is 0. The fourth-order valence-electron chi connectivity index (χ4n) is 0. The normalized spacial score (nSPS) is 0.800. The first-order chi connectivity index (χ1) is 6.00. The third-order valence-corrected chi connectivity index (χ3v) is 0. The molecule has 0 heterocycles. The van der Waals surface area contributed by atoms with Crippen LogP contribution in [0.1, 0.15) is 2.85 Å². The first-order valence-electron chi connectivity index (χ1n) is 1.34. The summed E-state index contributed by atoms with van der Waals surface area (Å²) in [6, 6.07) is 0. The van der Waals surface area contributed by atoms with Crippen LogP contribution in [-0.2, 0) is 16.8 Å². The summed E-state index contributed by atoms with van der Waals surface area (Å²) in [5.41, 5.74) is 0. The van der Waals surface area contributed by atoms with Gasteiger partial charge in [0.1, 0.15) is 0 Å². The Bertz CT molecular complexity index is 110. The Kier molecular flexibility index (Phi) is 39900. The predicted octanol–water partition coefficient (Wildman–Crippen LogP) is -5.19. The van der Waals surface area contributed by atoms with Crippen LogP contribution in [0.15, 0.2) is 0 Å². The van der Waals surface area contributed by atoms with Gasteiger partial charge in [-0.15, -0.1) is 0 Å². The Morgan fingerprint density at radius 3 is 0.400 bits per heavy atom. The van der Waals surface area contributed by atoms with Gasteiger partial charge in [-0.2, -0.15) is 0 Å². The van der Waals surface area contributed by atoms with Crippen molar-refractivity contribution in [2.75, 3.05) is 0 Å². The summed E-state index contributed by atoms with van der Waals surface area (Å²) in [6.45, 7) is 28.5. The fourth-order valence-corrected chi connectivity index (χ4v) is 0. The van der Waals surface area contributed by atoms with Crippen LogP contribution < -0.4 is 59.1 Å². The van der Waals surface area contributed by atoms with Crippen LogP contribution in [0.3, 0.4) is 0 Å². The van der Waals surface area contributed by atoms with Gasteiger partial charge in [-0.1, -0.05) is 0 Å². The first-order valence-corrected chi connectivity index (χ1v) is 1.34. The average Bonchev–Trinajstić information content (AvgIpc) is 2.33. The molecule has 0 fully saturated rings. The number of hydrogen-bond acceptors (Lipinski definition) is 6. The van der Waals surface area contributed by atoms with E-state index in [9.17, 15) is 0 Å². The SMILES string of the molecule is [C-]#N.[C-]#N.[C-]#N.[C-]#N.[C-]#N.[C-]#N.[Co].[H-].[H-].[Na+].[Na+].